The van der Waals surface area contributed by atoms with E-state index in [9.17, 15) is 0 Å². The van der Waals surface area contributed by atoms with Crippen LogP contribution in [-0.2, 0) is 11.3 Å². The third-order valence-corrected chi connectivity index (χ3v) is 3.28. The number of aromatic nitrogens is 2. The molecule has 4 nitrogen and oxygen atoms in total. The Kier molecular flexibility index (Phi) is 3.96. The lowest BCUT2D eigenvalue weighted by Crippen LogP contribution is -2.32. The summed E-state index contributed by atoms with van der Waals surface area (Å²) in [5.41, 5.74) is 5.92. The summed E-state index contributed by atoms with van der Waals surface area (Å²) >= 11 is 0. The topological polar surface area (TPSA) is 53.1 Å². The predicted octanol–water partition coefficient (Wildman–Crippen LogP) is 1.48. The van der Waals surface area contributed by atoms with Crippen LogP contribution in [0, 0.1) is 6.92 Å². The van der Waals surface area contributed by atoms with Crippen molar-refractivity contribution < 1.29 is 4.74 Å². The van der Waals surface area contributed by atoms with Gasteiger partial charge in [0.1, 0.15) is 5.82 Å². The summed E-state index contributed by atoms with van der Waals surface area (Å²) in [6, 6.07) is 0.341. The number of aryl methyl sites for hydroxylation is 1. The minimum atomic E-state index is 0.341. The Morgan fingerprint density at radius 2 is 2.44 bits per heavy atom. The van der Waals surface area contributed by atoms with Crippen LogP contribution in [0.4, 0.5) is 0 Å². The Morgan fingerprint density at radius 1 is 1.56 bits per heavy atom. The zero-order valence-corrected chi connectivity index (χ0v) is 9.93. The first-order chi connectivity index (χ1) is 7.75. The molecule has 90 valence electrons. The summed E-state index contributed by atoms with van der Waals surface area (Å²) in [6.45, 7) is 3.66. The number of nitrogens with two attached hydrogens (primary N) is 1. The van der Waals surface area contributed by atoms with Gasteiger partial charge in [0.05, 0.1) is 12.7 Å². The van der Waals surface area contributed by atoms with Gasteiger partial charge in [0, 0.05) is 25.0 Å². The molecular formula is C12H21N3O. The second-order valence-corrected chi connectivity index (χ2v) is 4.59. The summed E-state index contributed by atoms with van der Waals surface area (Å²) in [6.07, 6.45) is 8.72. The third-order valence-electron chi connectivity index (χ3n) is 3.28. The van der Waals surface area contributed by atoms with Crippen molar-refractivity contribution in [3.63, 3.8) is 0 Å². The largest absolute Gasteiger partial charge is 0.376 e. The van der Waals surface area contributed by atoms with E-state index in [1.807, 2.05) is 19.3 Å². The Labute approximate surface area is 96.8 Å². The van der Waals surface area contributed by atoms with E-state index in [2.05, 4.69) is 9.55 Å². The normalized spacial score (nSPS) is 25.9. The quantitative estimate of drug-likeness (QED) is 0.841. The van der Waals surface area contributed by atoms with Crippen molar-refractivity contribution in [1.29, 1.82) is 0 Å². The molecule has 0 aromatic carbocycles. The van der Waals surface area contributed by atoms with Gasteiger partial charge in [-0.1, -0.05) is 0 Å². The number of ether oxygens (including phenoxy) is 1. The average Bonchev–Trinajstić information content (AvgIpc) is 2.65. The van der Waals surface area contributed by atoms with Gasteiger partial charge in [0.25, 0.3) is 0 Å². The molecule has 2 rings (SSSR count). The van der Waals surface area contributed by atoms with Gasteiger partial charge < -0.3 is 15.0 Å². The number of rotatable bonds is 4. The smallest absolute Gasteiger partial charge is 0.105 e. The molecule has 2 unspecified atom stereocenters. The van der Waals surface area contributed by atoms with Gasteiger partial charge in [-0.3, -0.25) is 0 Å². The molecule has 1 fully saturated rings. The molecule has 1 aromatic heterocycles. The maximum absolute atomic E-state index is 5.92. The molecule has 0 bridgehead atoms. The number of hydrogen-bond donors (Lipinski definition) is 1. The molecule has 2 N–H and O–H groups in total. The van der Waals surface area contributed by atoms with Gasteiger partial charge in [-0.2, -0.15) is 0 Å². The maximum Gasteiger partial charge on any atom is 0.105 e. The number of nitrogens with zero attached hydrogens (tertiary/aromatic N) is 2. The molecule has 1 aromatic rings. The number of imidazole rings is 1. The first kappa shape index (κ1) is 11.6. The predicted molar refractivity (Wildman–Crippen MR) is 63.1 cm³/mol. The molecular weight excluding hydrogens is 202 g/mol. The molecule has 1 heterocycles. The van der Waals surface area contributed by atoms with E-state index in [-0.39, 0.29) is 0 Å². The van der Waals surface area contributed by atoms with Crippen molar-refractivity contribution in [2.45, 2.75) is 51.3 Å². The monoisotopic (exact) mass is 223 g/mol. The van der Waals surface area contributed by atoms with E-state index in [1.54, 1.807) is 0 Å². The van der Waals surface area contributed by atoms with Crippen LogP contribution in [0.25, 0.3) is 0 Å². The second kappa shape index (κ2) is 5.46. The molecule has 1 saturated carbocycles. The molecule has 0 radical (unpaired) electrons. The van der Waals surface area contributed by atoms with E-state index in [0.717, 1.165) is 38.2 Å². The molecule has 1 aliphatic carbocycles. The van der Waals surface area contributed by atoms with E-state index in [4.69, 9.17) is 10.5 Å². The van der Waals surface area contributed by atoms with E-state index in [1.165, 1.54) is 6.42 Å². The van der Waals surface area contributed by atoms with Crippen LogP contribution >= 0.6 is 0 Å². The summed E-state index contributed by atoms with van der Waals surface area (Å²) in [5.74, 6) is 1.05. The van der Waals surface area contributed by atoms with Gasteiger partial charge in [0.2, 0.25) is 0 Å². The lowest BCUT2D eigenvalue weighted by atomic mass is 9.94. The lowest BCUT2D eigenvalue weighted by molar-refractivity contribution is 0.0192. The minimum Gasteiger partial charge on any atom is -0.376 e. The zero-order valence-electron chi connectivity index (χ0n) is 9.93. The molecule has 0 aliphatic heterocycles. The van der Waals surface area contributed by atoms with Crippen LogP contribution in [0.1, 0.15) is 31.5 Å². The van der Waals surface area contributed by atoms with Crippen molar-refractivity contribution in [2.75, 3.05) is 6.61 Å². The average molecular weight is 223 g/mol. The van der Waals surface area contributed by atoms with E-state index < -0.39 is 0 Å². The van der Waals surface area contributed by atoms with Gasteiger partial charge in [-0.15, -0.1) is 0 Å². The molecule has 4 heteroatoms. The van der Waals surface area contributed by atoms with Crippen molar-refractivity contribution >= 4 is 0 Å². The SMILES string of the molecule is Cc1nccn1CCOC1CCCC(N)C1. The van der Waals surface area contributed by atoms with Crippen LogP contribution in [-0.4, -0.2) is 28.3 Å². The fourth-order valence-corrected chi connectivity index (χ4v) is 2.29. The summed E-state index contributed by atoms with van der Waals surface area (Å²) in [7, 11) is 0. The van der Waals surface area contributed by atoms with Crippen molar-refractivity contribution in [3.8, 4) is 0 Å². The lowest BCUT2D eigenvalue weighted by Gasteiger charge is -2.26. The van der Waals surface area contributed by atoms with Crippen molar-refractivity contribution in [3.05, 3.63) is 18.2 Å². The zero-order chi connectivity index (χ0) is 11.4. The van der Waals surface area contributed by atoms with Gasteiger partial charge in [0.15, 0.2) is 0 Å². The fraction of sp³-hybridized carbons (Fsp3) is 0.750. The van der Waals surface area contributed by atoms with E-state index >= 15 is 0 Å². The van der Waals surface area contributed by atoms with E-state index in [0.29, 0.717) is 12.1 Å². The highest BCUT2D eigenvalue weighted by Gasteiger charge is 2.19. The molecule has 0 spiro atoms. The summed E-state index contributed by atoms with van der Waals surface area (Å²) in [4.78, 5) is 4.18. The minimum absolute atomic E-state index is 0.341. The Morgan fingerprint density at radius 3 is 3.12 bits per heavy atom. The van der Waals surface area contributed by atoms with Crippen LogP contribution in [0.15, 0.2) is 12.4 Å². The van der Waals surface area contributed by atoms with Crippen LogP contribution in [0.2, 0.25) is 0 Å². The van der Waals surface area contributed by atoms with Gasteiger partial charge >= 0.3 is 0 Å². The molecule has 1 aliphatic rings. The fourth-order valence-electron chi connectivity index (χ4n) is 2.29. The second-order valence-electron chi connectivity index (χ2n) is 4.59. The molecule has 0 amide bonds. The highest BCUT2D eigenvalue weighted by molar-refractivity contribution is 4.88. The van der Waals surface area contributed by atoms with Crippen LogP contribution in [0.5, 0.6) is 0 Å². The van der Waals surface area contributed by atoms with Crippen LogP contribution in [0.3, 0.4) is 0 Å². The first-order valence-electron chi connectivity index (χ1n) is 6.10. The van der Waals surface area contributed by atoms with Gasteiger partial charge in [-0.25, -0.2) is 4.98 Å². The van der Waals surface area contributed by atoms with Gasteiger partial charge in [-0.05, 0) is 32.6 Å². The Balaban J connectivity index is 1.70. The highest BCUT2D eigenvalue weighted by Crippen LogP contribution is 2.19. The van der Waals surface area contributed by atoms with Crippen molar-refractivity contribution in [2.24, 2.45) is 5.73 Å². The highest BCUT2D eigenvalue weighted by atomic mass is 16.5. The van der Waals surface area contributed by atoms with Crippen LogP contribution < -0.4 is 5.73 Å². The molecule has 2 atom stereocenters. The Bertz CT molecular complexity index is 324. The molecule has 16 heavy (non-hydrogen) atoms. The summed E-state index contributed by atoms with van der Waals surface area (Å²) < 4.78 is 7.97. The third kappa shape index (κ3) is 3.06. The maximum atomic E-state index is 5.92. The molecule has 0 saturated heterocycles. The summed E-state index contributed by atoms with van der Waals surface area (Å²) in [5, 5.41) is 0. The van der Waals surface area contributed by atoms with Crippen molar-refractivity contribution in [1.82, 2.24) is 9.55 Å². The number of hydrogen-bond acceptors (Lipinski definition) is 3. The standard InChI is InChI=1S/C12H21N3O/c1-10-14-5-6-15(10)7-8-16-12-4-2-3-11(13)9-12/h5-6,11-12H,2-4,7-9,13H2,1H3. The Hall–Kier alpha value is -0.870. The first-order valence-corrected chi connectivity index (χ1v) is 6.10.